The molecule has 0 saturated heterocycles. The van der Waals surface area contributed by atoms with E-state index in [0.717, 1.165) is 0 Å². The predicted octanol–water partition coefficient (Wildman–Crippen LogP) is 3.79. The van der Waals surface area contributed by atoms with Crippen molar-refractivity contribution in [2.24, 2.45) is 0 Å². The topological polar surface area (TPSA) is 39.7 Å². The van der Waals surface area contributed by atoms with Gasteiger partial charge in [-0.25, -0.2) is 0 Å². The lowest BCUT2D eigenvalue weighted by molar-refractivity contribution is -0.274. The molecule has 0 unspecified atom stereocenters. The second-order valence-electron chi connectivity index (χ2n) is 4.13. The van der Waals surface area contributed by atoms with Gasteiger partial charge >= 0.3 is 6.36 Å². The molecular weight excluding hydrogens is 287 g/mol. The van der Waals surface area contributed by atoms with E-state index in [1.807, 2.05) is 13.8 Å². The van der Waals surface area contributed by atoms with Crippen LogP contribution in [0.25, 0.3) is 0 Å². The Hall–Kier alpha value is -1.47. The molecule has 1 aromatic carbocycles. The average molecular weight is 307 g/mol. The maximum atomic E-state index is 12.1. The first-order chi connectivity index (χ1) is 9.94. The summed E-state index contributed by atoms with van der Waals surface area (Å²) < 4.78 is 51.0. The molecule has 0 radical (unpaired) electrons. The number of hydrogen-bond acceptors (Lipinski definition) is 4. The van der Waals surface area contributed by atoms with Crippen LogP contribution >= 0.6 is 0 Å². The van der Waals surface area contributed by atoms with Gasteiger partial charge in [0.1, 0.15) is 5.75 Å². The van der Waals surface area contributed by atoms with Crippen molar-refractivity contribution in [1.29, 1.82) is 0 Å². The van der Waals surface area contributed by atoms with Gasteiger partial charge in [0.25, 0.3) is 0 Å². The third-order valence-electron chi connectivity index (χ3n) is 2.48. The normalized spacial score (nSPS) is 11.7. The summed E-state index contributed by atoms with van der Waals surface area (Å²) >= 11 is 0. The molecule has 0 aromatic heterocycles. The standard InChI is InChI=1S/C14H20F3NO3/c1-3-19-13(20-4-2)8-9-18-11-6-5-7-12(10-11)21-14(15,16)17/h5-7,10,13,18H,3-4,8-9H2,1-2H3. The van der Waals surface area contributed by atoms with Crippen molar-refractivity contribution in [2.75, 3.05) is 25.1 Å². The molecule has 1 N–H and O–H groups in total. The Balaban J connectivity index is 2.46. The molecule has 0 amide bonds. The third kappa shape index (κ3) is 7.77. The van der Waals surface area contributed by atoms with Gasteiger partial charge in [0.05, 0.1) is 0 Å². The summed E-state index contributed by atoms with van der Waals surface area (Å²) in [5, 5.41) is 3.01. The summed E-state index contributed by atoms with van der Waals surface area (Å²) in [6.45, 7) is 5.34. The second kappa shape index (κ2) is 8.74. The maximum absolute atomic E-state index is 12.1. The fraction of sp³-hybridized carbons (Fsp3) is 0.571. The molecule has 0 fully saturated rings. The van der Waals surface area contributed by atoms with Crippen LogP contribution in [0.4, 0.5) is 18.9 Å². The van der Waals surface area contributed by atoms with Crippen molar-refractivity contribution in [2.45, 2.75) is 32.9 Å². The molecule has 0 heterocycles. The lowest BCUT2D eigenvalue weighted by atomic mass is 10.3. The second-order valence-corrected chi connectivity index (χ2v) is 4.13. The van der Waals surface area contributed by atoms with Crippen LogP contribution in [-0.2, 0) is 9.47 Å². The Bertz CT molecular complexity index is 407. The van der Waals surface area contributed by atoms with Gasteiger partial charge in [0.2, 0.25) is 0 Å². The molecule has 21 heavy (non-hydrogen) atoms. The molecular formula is C14H20F3NO3. The zero-order valence-electron chi connectivity index (χ0n) is 12.1. The number of ether oxygens (including phenoxy) is 3. The van der Waals surface area contributed by atoms with Crippen molar-refractivity contribution in [3.05, 3.63) is 24.3 Å². The van der Waals surface area contributed by atoms with E-state index < -0.39 is 6.36 Å². The van der Waals surface area contributed by atoms with Crippen LogP contribution in [0.5, 0.6) is 5.75 Å². The highest BCUT2D eigenvalue weighted by Crippen LogP contribution is 2.25. The van der Waals surface area contributed by atoms with Gasteiger partial charge in [0, 0.05) is 37.9 Å². The summed E-state index contributed by atoms with van der Waals surface area (Å²) in [5.41, 5.74) is 0.545. The number of benzene rings is 1. The number of rotatable bonds is 9. The summed E-state index contributed by atoms with van der Waals surface area (Å²) in [6, 6.07) is 5.71. The number of alkyl halides is 3. The number of halogens is 3. The van der Waals surface area contributed by atoms with E-state index in [-0.39, 0.29) is 12.0 Å². The highest BCUT2D eigenvalue weighted by atomic mass is 19.4. The molecule has 0 aliphatic carbocycles. The van der Waals surface area contributed by atoms with Gasteiger partial charge in [-0.2, -0.15) is 0 Å². The summed E-state index contributed by atoms with van der Waals surface area (Å²) in [4.78, 5) is 0. The van der Waals surface area contributed by atoms with Crippen molar-refractivity contribution in [3.63, 3.8) is 0 Å². The van der Waals surface area contributed by atoms with Crippen LogP contribution < -0.4 is 10.1 Å². The van der Waals surface area contributed by atoms with Gasteiger partial charge in [-0.05, 0) is 26.0 Å². The zero-order valence-corrected chi connectivity index (χ0v) is 12.1. The fourth-order valence-electron chi connectivity index (χ4n) is 1.72. The molecule has 0 bridgehead atoms. The first-order valence-corrected chi connectivity index (χ1v) is 6.77. The minimum absolute atomic E-state index is 0.251. The highest BCUT2D eigenvalue weighted by molar-refractivity contribution is 5.48. The molecule has 0 atom stereocenters. The first kappa shape index (κ1) is 17.6. The fourth-order valence-corrected chi connectivity index (χ4v) is 1.72. The maximum Gasteiger partial charge on any atom is 0.573 e. The molecule has 120 valence electrons. The first-order valence-electron chi connectivity index (χ1n) is 6.77. The summed E-state index contributed by atoms with van der Waals surface area (Å²) in [5.74, 6) is -0.251. The largest absolute Gasteiger partial charge is 0.573 e. The number of nitrogens with one attached hydrogen (secondary N) is 1. The molecule has 0 spiro atoms. The molecule has 4 nitrogen and oxygen atoms in total. The average Bonchev–Trinajstić information content (AvgIpc) is 2.37. The Kier molecular flexibility index (Phi) is 7.31. The SMILES string of the molecule is CCOC(CCNc1cccc(OC(F)(F)F)c1)OCC. The van der Waals surface area contributed by atoms with Crippen LogP contribution in [0.3, 0.4) is 0 Å². The third-order valence-corrected chi connectivity index (χ3v) is 2.48. The highest BCUT2D eigenvalue weighted by Gasteiger charge is 2.31. The lowest BCUT2D eigenvalue weighted by Crippen LogP contribution is -2.21. The minimum Gasteiger partial charge on any atom is -0.406 e. The summed E-state index contributed by atoms with van der Waals surface area (Å²) in [6.07, 6.45) is -4.42. The predicted molar refractivity (Wildman–Crippen MR) is 73.3 cm³/mol. The molecule has 1 aromatic rings. The Morgan fingerprint density at radius 1 is 1.14 bits per heavy atom. The van der Waals surface area contributed by atoms with Gasteiger partial charge in [-0.3, -0.25) is 0 Å². The van der Waals surface area contributed by atoms with Gasteiger partial charge in [0.15, 0.2) is 6.29 Å². The van der Waals surface area contributed by atoms with Crippen LogP contribution in [-0.4, -0.2) is 32.4 Å². The van der Waals surface area contributed by atoms with Crippen molar-refractivity contribution < 1.29 is 27.4 Å². The zero-order chi connectivity index (χ0) is 15.7. The van der Waals surface area contributed by atoms with E-state index in [9.17, 15) is 13.2 Å². The van der Waals surface area contributed by atoms with Crippen LogP contribution in [0.1, 0.15) is 20.3 Å². The van der Waals surface area contributed by atoms with Gasteiger partial charge in [-0.15, -0.1) is 13.2 Å². The van der Waals surface area contributed by atoms with E-state index in [4.69, 9.17) is 9.47 Å². The van der Waals surface area contributed by atoms with E-state index in [1.165, 1.54) is 18.2 Å². The Morgan fingerprint density at radius 3 is 2.38 bits per heavy atom. The number of hydrogen-bond donors (Lipinski definition) is 1. The molecule has 0 saturated carbocycles. The summed E-state index contributed by atoms with van der Waals surface area (Å²) in [7, 11) is 0. The van der Waals surface area contributed by atoms with E-state index in [2.05, 4.69) is 10.1 Å². The van der Waals surface area contributed by atoms with Crippen LogP contribution in [0, 0.1) is 0 Å². The Labute approximate surface area is 122 Å². The van der Waals surface area contributed by atoms with Crippen molar-refractivity contribution in [3.8, 4) is 5.75 Å². The quantitative estimate of drug-likeness (QED) is 0.705. The molecule has 0 aliphatic rings. The van der Waals surface area contributed by atoms with Gasteiger partial charge in [-0.1, -0.05) is 6.07 Å². The van der Waals surface area contributed by atoms with Crippen LogP contribution in [0.15, 0.2) is 24.3 Å². The van der Waals surface area contributed by atoms with Crippen molar-refractivity contribution >= 4 is 5.69 Å². The number of anilines is 1. The van der Waals surface area contributed by atoms with E-state index in [0.29, 0.717) is 31.9 Å². The van der Waals surface area contributed by atoms with Crippen molar-refractivity contribution in [1.82, 2.24) is 0 Å². The monoisotopic (exact) mass is 307 g/mol. The lowest BCUT2D eigenvalue weighted by Gasteiger charge is -2.17. The van der Waals surface area contributed by atoms with Crippen LogP contribution in [0.2, 0.25) is 0 Å². The molecule has 7 heteroatoms. The van der Waals surface area contributed by atoms with E-state index in [1.54, 1.807) is 6.07 Å². The van der Waals surface area contributed by atoms with E-state index >= 15 is 0 Å². The smallest absolute Gasteiger partial charge is 0.406 e. The molecule has 1 rings (SSSR count). The Morgan fingerprint density at radius 2 is 1.81 bits per heavy atom. The molecule has 0 aliphatic heterocycles. The van der Waals surface area contributed by atoms with Gasteiger partial charge < -0.3 is 19.5 Å². The minimum atomic E-state index is -4.69.